The van der Waals surface area contributed by atoms with Crippen LogP contribution in [0.2, 0.25) is 0 Å². The highest BCUT2D eigenvalue weighted by atomic mass is 32.2. The van der Waals surface area contributed by atoms with Crippen LogP contribution in [0.3, 0.4) is 0 Å². The summed E-state index contributed by atoms with van der Waals surface area (Å²) in [7, 11) is 0. The lowest BCUT2D eigenvalue weighted by Crippen LogP contribution is -2.21. The minimum Gasteiger partial charge on any atom is -0.481 e. The van der Waals surface area contributed by atoms with Crippen LogP contribution < -0.4 is 5.69 Å². The average Bonchev–Trinajstić information content (AvgIpc) is 2.68. The molecule has 7 heteroatoms. The number of unbranched alkanes of at least 4 members (excludes halogenated alkanes) is 2. The molecule has 0 amide bonds. The van der Waals surface area contributed by atoms with Crippen molar-refractivity contribution in [3.63, 3.8) is 0 Å². The molecule has 0 spiro atoms. The molecule has 1 heterocycles. The highest BCUT2D eigenvalue weighted by Gasteiger charge is 2.15. The summed E-state index contributed by atoms with van der Waals surface area (Å²) in [5, 5.41) is 15.3. The number of carbonyl (C=O) groups is 1. The SMILES string of the molecule is CCCCCC(C)n1c(SCC(=O)O)n[nH]c1=O. The Morgan fingerprint density at radius 3 is 2.89 bits per heavy atom. The number of H-pyrrole nitrogens is 1. The first kappa shape index (κ1) is 14.8. The van der Waals surface area contributed by atoms with E-state index in [2.05, 4.69) is 17.1 Å². The van der Waals surface area contributed by atoms with Crippen molar-refractivity contribution in [3.8, 4) is 0 Å². The zero-order chi connectivity index (χ0) is 13.5. The fourth-order valence-corrected chi connectivity index (χ4v) is 2.49. The topological polar surface area (TPSA) is 88.0 Å². The Morgan fingerprint density at radius 2 is 2.28 bits per heavy atom. The molecule has 0 saturated heterocycles. The van der Waals surface area contributed by atoms with Gasteiger partial charge in [-0.25, -0.2) is 9.89 Å². The summed E-state index contributed by atoms with van der Waals surface area (Å²) in [6.07, 6.45) is 4.22. The number of hydrogen-bond donors (Lipinski definition) is 2. The summed E-state index contributed by atoms with van der Waals surface area (Å²) >= 11 is 1.06. The smallest absolute Gasteiger partial charge is 0.344 e. The van der Waals surface area contributed by atoms with Gasteiger partial charge in [-0.3, -0.25) is 9.36 Å². The Hall–Kier alpha value is -1.24. The predicted molar refractivity (Wildman–Crippen MR) is 70.1 cm³/mol. The standard InChI is InChI=1S/C11H19N3O3S/c1-3-4-5-6-8(2)14-10(17)12-13-11(14)18-7-9(15)16/h8H,3-7H2,1-2H3,(H,12,17)(H,15,16). The summed E-state index contributed by atoms with van der Waals surface area (Å²) < 4.78 is 1.54. The van der Waals surface area contributed by atoms with Gasteiger partial charge in [0.1, 0.15) is 0 Å². The number of nitrogens with zero attached hydrogens (tertiary/aromatic N) is 2. The van der Waals surface area contributed by atoms with Crippen LogP contribution in [0.4, 0.5) is 0 Å². The molecule has 0 aromatic carbocycles. The average molecular weight is 273 g/mol. The molecule has 0 aliphatic heterocycles. The lowest BCUT2D eigenvalue weighted by atomic mass is 10.1. The highest BCUT2D eigenvalue weighted by Crippen LogP contribution is 2.20. The monoisotopic (exact) mass is 273 g/mol. The van der Waals surface area contributed by atoms with E-state index in [0.29, 0.717) is 5.16 Å². The van der Waals surface area contributed by atoms with Gasteiger partial charge in [0, 0.05) is 6.04 Å². The molecule has 1 rings (SSSR count). The van der Waals surface area contributed by atoms with Crippen LogP contribution in [0.15, 0.2) is 9.95 Å². The first-order valence-electron chi connectivity index (χ1n) is 6.07. The van der Waals surface area contributed by atoms with Gasteiger partial charge in [-0.2, -0.15) is 0 Å². The van der Waals surface area contributed by atoms with Gasteiger partial charge < -0.3 is 5.11 Å². The Balaban J connectivity index is 2.70. The van der Waals surface area contributed by atoms with E-state index in [1.54, 1.807) is 4.57 Å². The number of aromatic nitrogens is 3. The number of carboxylic acid groups (broad SMARTS) is 1. The van der Waals surface area contributed by atoms with Crippen molar-refractivity contribution in [1.82, 2.24) is 14.8 Å². The maximum absolute atomic E-state index is 11.6. The van der Waals surface area contributed by atoms with E-state index in [0.717, 1.165) is 37.4 Å². The van der Waals surface area contributed by atoms with Crippen molar-refractivity contribution in [1.29, 1.82) is 0 Å². The second-order valence-electron chi connectivity index (χ2n) is 4.21. The van der Waals surface area contributed by atoms with Crippen LogP contribution >= 0.6 is 11.8 Å². The number of carboxylic acids is 1. The highest BCUT2D eigenvalue weighted by molar-refractivity contribution is 7.99. The lowest BCUT2D eigenvalue weighted by molar-refractivity contribution is -0.133. The van der Waals surface area contributed by atoms with E-state index in [1.165, 1.54) is 0 Å². The third-order valence-electron chi connectivity index (χ3n) is 2.66. The summed E-state index contributed by atoms with van der Waals surface area (Å²) in [6, 6.07) is 0.0408. The molecule has 0 saturated carbocycles. The van der Waals surface area contributed by atoms with Crippen molar-refractivity contribution in [2.75, 3.05) is 5.75 Å². The van der Waals surface area contributed by atoms with Gasteiger partial charge >= 0.3 is 11.7 Å². The maximum atomic E-state index is 11.6. The molecular formula is C11H19N3O3S. The Kier molecular flexibility index (Phi) is 5.97. The first-order valence-corrected chi connectivity index (χ1v) is 7.06. The Bertz CT molecular complexity index is 441. The lowest BCUT2D eigenvalue weighted by Gasteiger charge is -2.13. The summed E-state index contributed by atoms with van der Waals surface area (Å²) in [5.74, 6) is -1.01. The van der Waals surface area contributed by atoms with Crippen molar-refractivity contribution in [3.05, 3.63) is 10.5 Å². The van der Waals surface area contributed by atoms with Gasteiger partial charge in [0.2, 0.25) is 0 Å². The van der Waals surface area contributed by atoms with E-state index < -0.39 is 5.97 Å². The number of thioether (sulfide) groups is 1. The normalized spacial score (nSPS) is 12.6. The molecule has 0 radical (unpaired) electrons. The Labute approximate surface area is 110 Å². The van der Waals surface area contributed by atoms with Crippen molar-refractivity contribution < 1.29 is 9.90 Å². The second-order valence-corrected chi connectivity index (χ2v) is 5.15. The minimum atomic E-state index is -0.916. The molecule has 1 aromatic heterocycles. The molecule has 0 bridgehead atoms. The van der Waals surface area contributed by atoms with Crippen LogP contribution in [0, 0.1) is 0 Å². The molecule has 0 fully saturated rings. The zero-order valence-electron chi connectivity index (χ0n) is 10.7. The second kappa shape index (κ2) is 7.25. The van der Waals surface area contributed by atoms with Crippen molar-refractivity contribution >= 4 is 17.7 Å². The fourth-order valence-electron chi connectivity index (χ4n) is 1.73. The van der Waals surface area contributed by atoms with Crippen LogP contribution in [-0.4, -0.2) is 31.6 Å². The van der Waals surface area contributed by atoms with Crippen LogP contribution in [0.5, 0.6) is 0 Å². The van der Waals surface area contributed by atoms with Gasteiger partial charge in [0.25, 0.3) is 0 Å². The third kappa shape index (κ3) is 4.21. The molecule has 0 aliphatic rings. The number of aliphatic carboxylic acids is 1. The summed E-state index contributed by atoms with van der Waals surface area (Å²) in [4.78, 5) is 22.2. The molecule has 102 valence electrons. The minimum absolute atomic E-state index is 0.0408. The third-order valence-corrected chi connectivity index (χ3v) is 3.60. The number of rotatable bonds is 8. The largest absolute Gasteiger partial charge is 0.481 e. The van der Waals surface area contributed by atoms with Gasteiger partial charge in [-0.15, -0.1) is 5.10 Å². The van der Waals surface area contributed by atoms with Gasteiger partial charge in [-0.05, 0) is 13.3 Å². The van der Waals surface area contributed by atoms with Crippen molar-refractivity contribution in [2.45, 2.75) is 50.7 Å². The number of nitrogens with one attached hydrogen (secondary N) is 1. The fraction of sp³-hybridized carbons (Fsp3) is 0.727. The molecule has 2 N–H and O–H groups in total. The first-order chi connectivity index (χ1) is 8.56. The van der Waals surface area contributed by atoms with Crippen LogP contribution in [0.25, 0.3) is 0 Å². The molecule has 1 unspecified atom stereocenters. The van der Waals surface area contributed by atoms with Crippen LogP contribution in [0.1, 0.15) is 45.6 Å². The van der Waals surface area contributed by atoms with E-state index in [-0.39, 0.29) is 17.5 Å². The number of aromatic amines is 1. The molecule has 1 atom stereocenters. The summed E-state index contributed by atoms with van der Waals surface area (Å²) in [5.41, 5.74) is -0.271. The molecule has 6 nitrogen and oxygen atoms in total. The van der Waals surface area contributed by atoms with Crippen molar-refractivity contribution in [2.24, 2.45) is 0 Å². The van der Waals surface area contributed by atoms with Gasteiger partial charge in [0.05, 0.1) is 5.75 Å². The zero-order valence-corrected chi connectivity index (χ0v) is 11.5. The molecule has 1 aromatic rings. The van der Waals surface area contributed by atoms with E-state index in [9.17, 15) is 9.59 Å². The maximum Gasteiger partial charge on any atom is 0.344 e. The van der Waals surface area contributed by atoms with Gasteiger partial charge in [-0.1, -0.05) is 37.9 Å². The van der Waals surface area contributed by atoms with E-state index in [1.807, 2.05) is 6.92 Å². The summed E-state index contributed by atoms with van der Waals surface area (Å²) in [6.45, 7) is 4.08. The molecule has 0 aliphatic carbocycles. The number of hydrogen-bond acceptors (Lipinski definition) is 4. The molecular weight excluding hydrogens is 254 g/mol. The van der Waals surface area contributed by atoms with E-state index >= 15 is 0 Å². The van der Waals surface area contributed by atoms with E-state index in [4.69, 9.17) is 5.11 Å². The predicted octanol–water partition coefficient (Wildman–Crippen LogP) is 1.89. The Morgan fingerprint density at radius 1 is 1.56 bits per heavy atom. The quantitative estimate of drug-likeness (QED) is 0.558. The van der Waals surface area contributed by atoms with Crippen LogP contribution in [-0.2, 0) is 4.79 Å². The molecule has 18 heavy (non-hydrogen) atoms. The van der Waals surface area contributed by atoms with Gasteiger partial charge in [0.15, 0.2) is 5.16 Å².